The molecule has 8 nitrogen and oxygen atoms in total. The highest BCUT2D eigenvalue weighted by Gasteiger charge is 2.30. The summed E-state index contributed by atoms with van der Waals surface area (Å²) in [6, 6.07) is 15.5. The molecule has 2 aromatic carbocycles. The molecule has 2 aromatic heterocycles. The Balaban J connectivity index is 1.14. The van der Waals surface area contributed by atoms with Crippen LogP contribution in [0.15, 0.2) is 54.6 Å². The number of likely N-dealkylation sites (tertiary alicyclic amines) is 1. The maximum Gasteiger partial charge on any atom is 0.335 e. The number of nitrogens with zero attached hydrogens (tertiary/aromatic N) is 4. The van der Waals surface area contributed by atoms with Gasteiger partial charge in [0, 0.05) is 34.9 Å². The zero-order valence-electron chi connectivity index (χ0n) is 22.8. The third-order valence-electron chi connectivity index (χ3n) is 8.21. The normalized spacial score (nSPS) is 18.8. The Hall–Kier alpha value is -3.53. The van der Waals surface area contributed by atoms with Crippen molar-refractivity contribution in [2.24, 2.45) is 0 Å². The number of benzene rings is 2. The van der Waals surface area contributed by atoms with Gasteiger partial charge in [-0.15, -0.1) is 0 Å². The van der Waals surface area contributed by atoms with Crippen LogP contribution in [0.3, 0.4) is 0 Å². The number of fused-ring (bicyclic) bond motifs is 1. The molecule has 2 aliphatic heterocycles. The number of halogens is 2. The molecule has 41 heavy (non-hydrogen) atoms. The number of carboxylic acid groups (broad SMARTS) is 1. The van der Waals surface area contributed by atoms with Crippen LogP contribution in [0.25, 0.3) is 11.0 Å². The van der Waals surface area contributed by atoms with Crippen molar-refractivity contribution < 1.29 is 23.8 Å². The first kappa shape index (κ1) is 27.6. The van der Waals surface area contributed by atoms with E-state index in [2.05, 4.69) is 16.4 Å². The summed E-state index contributed by atoms with van der Waals surface area (Å²) in [7, 11) is 0. The van der Waals surface area contributed by atoms with Crippen LogP contribution in [0.2, 0.25) is 5.02 Å². The predicted molar refractivity (Wildman–Crippen MR) is 153 cm³/mol. The highest BCUT2D eigenvalue weighted by Crippen LogP contribution is 2.34. The summed E-state index contributed by atoms with van der Waals surface area (Å²) in [4.78, 5) is 23.7. The van der Waals surface area contributed by atoms with E-state index in [1.54, 1.807) is 36.4 Å². The second-order valence-electron chi connectivity index (χ2n) is 10.8. The molecule has 2 aliphatic rings. The number of pyridine rings is 1. The van der Waals surface area contributed by atoms with Crippen molar-refractivity contribution in [3.05, 3.63) is 88.1 Å². The fourth-order valence-corrected chi connectivity index (χ4v) is 5.85. The van der Waals surface area contributed by atoms with Crippen LogP contribution in [0, 0.1) is 5.82 Å². The Morgan fingerprint density at radius 3 is 2.66 bits per heavy atom. The first-order chi connectivity index (χ1) is 19.9. The Morgan fingerprint density at radius 1 is 1.15 bits per heavy atom. The second-order valence-corrected chi connectivity index (χ2v) is 11.2. The average molecular weight is 579 g/mol. The van der Waals surface area contributed by atoms with Gasteiger partial charge in [0.05, 0.1) is 35.3 Å². The first-order valence-corrected chi connectivity index (χ1v) is 14.4. The van der Waals surface area contributed by atoms with Gasteiger partial charge in [0.25, 0.3) is 0 Å². The van der Waals surface area contributed by atoms with Gasteiger partial charge in [-0.2, -0.15) is 0 Å². The monoisotopic (exact) mass is 578 g/mol. The SMILES string of the molecule is CC(c1nc2ccc(C(=O)O)cc2n1C[C@@H]1CCO1)N1CCC(c2cccc(OCc3ccc(Cl)cc3F)n2)CC1. The van der Waals surface area contributed by atoms with Gasteiger partial charge in [0.1, 0.15) is 18.2 Å². The molecule has 1 unspecified atom stereocenters. The van der Waals surface area contributed by atoms with Crippen molar-refractivity contribution in [2.45, 2.75) is 57.4 Å². The van der Waals surface area contributed by atoms with Crippen LogP contribution in [0.5, 0.6) is 5.88 Å². The van der Waals surface area contributed by atoms with Crippen LogP contribution >= 0.6 is 11.6 Å². The standard InChI is InChI=1S/C31H32ClFN4O4/c1-19(30-35-27-8-6-21(31(38)39)15-28(27)37(30)17-24-11-14-40-24)36-12-9-20(10-13-36)26-3-2-4-29(34-26)41-18-22-5-7-23(32)16-25(22)33/h2-8,15-16,19-20,24H,9-14,17-18H2,1H3,(H,38,39)/t19?,24-/m0/s1. The van der Waals surface area contributed by atoms with Crippen LogP contribution in [0.1, 0.15) is 65.6 Å². The lowest BCUT2D eigenvalue weighted by atomic mass is 9.92. The van der Waals surface area contributed by atoms with Gasteiger partial charge in [-0.3, -0.25) is 4.90 Å². The van der Waals surface area contributed by atoms with Crippen molar-refractivity contribution in [1.29, 1.82) is 0 Å². The number of carbonyl (C=O) groups is 1. The Morgan fingerprint density at radius 2 is 1.95 bits per heavy atom. The summed E-state index contributed by atoms with van der Waals surface area (Å²) < 4.78 is 27.8. The molecule has 0 spiro atoms. The van der Waals surface area contributed by atoms with E-state index >= 15 is 0 Å². The van der Waals surface area contributed by atoms with Crippen molar-refractivity contribution in [3.63, 3.8) is 0 Å². The third kappa shape index (κ3) is 5.93. The average Bonchev–Trinajstić information content (AvgIpc) is 3.32. The number of hydrogen-bond acceptors (Lipinski definition) is 6. The van der Waals surface area contributed by atoms with E-state index in [-0.39, 0.29) is 30.2 Å². The molecule has 4 heterocycles. The van der Waals surface area contributed by atoms with Crippen LogP contribution in [-0.2, 0) is 17.9 Å². The van der Waals surface area contributed by atoms with Crippen molar-refractivity contribution >= 4 is 28.6 Å². The zero-order valence-corrected chi connectivity index (χ0v) is 23.6. The molecule has 0 amide bonds. The summed E-state index contributed by atoms with van der Waals surface area (Å²) in [6.07, 6.45) is 2.97. The van der Waals surface area contributed by atoms with E-state index in [0.717, 1.165) is 61.5 Å². The van der Waals surface area contributed by atoms with E-state index in [1.807, 2.05) is 12.1 Å². The van der Waals surface area contributed by atoms with Gasteiger partial charge < -0.3 is 19.1 Å². The van der Waals surface area contributed by atoms with Crippen LogP contribution < -0.4 is 4.74 Å². The lowest BCUT2D eigenvalue weighted by molar-refractivity contribution is -0.0594. The third-order valence-corrected chi connectivity index (χ3v) is 8.44. The summed E-state index contributed by atoms with van der Waals surface area (Å²) >= 11 is 5.85. The van der Waals surface area contributed by atoms with Crippen LogP contribution in [-0.4, -0.2) is 56.3 Å². The highest BCUT2D eigenvalue weighted by molar-refractivity contribution is 6.30. The fraction of sp³-hybridized carbons (Fsp3) is 0.387. The largest absolute Gasteiger partial charge is 0.478 e. The highest BCUT2D eigenvalue weighted by atomic mass is 35.5. The molecule has 2 saturated heterocycles. The second kappa shape index (κ2) is 11.8. The number of imidazole rings is 1. The molecule has 0 saturated carbocycles. The molecule has 1 N–H and O–H groups in total. The number of aromatic carboxylic acids is 1. The lowest BCUT2D eigenvalue weighted by Gasteiger charge is -2.36. The number of piperidine rings is 1. The molecule has 214 valence electrons. The number of aromatic nitrogens is 3. The first-order valence-electron chi connectivity index (χ1n) is 14.0. The minimum absolute atomic E-state index is 0.0496. The topological polar surface area (TPSA) is 89.7 Å². The lowest BCUT2D eigenvalue weighted by Crippen LogP contribution is -2.37. The smallest absolute Gasteiger partial charge is 0.335 e. The quantitative estimate of drug-likeness (QED) is 0.252. The van der Waals surface area contributed by atoms with E-state index in [1.165, 1.54) is 6.07 Å². The Labute approximate surface area is 242 Å². The van der Waals surface area contributed by atoms with E-state index in [9.17, 15) is 14.3 Å². The Kier molecular flexibility index (Phi) is 7.92. The van der Waals surface area contributed by atoms with Gasteiger partial charge in [-0.1, -0.05) is 23.7 Å². The number of carboxylic acids is 1. The minimum Gasteiger partial charge on any atom is -0.478 e. The molecule has 2 fully saturated rings. The predicted octanol–water partition coefficient (Wildman–Crippen LogP) is 6.23. The zero-order chi connectivity index (χ0) is 28.5. The molecule has 0 radical (unpaired) electrons. The number of ether oxygens (including phenoxy) is 2. The molecule has 6 rings (SSSR count). The van der Waals surface area contributed by atoms with E-state index in [0.29, 0.717) is 23.0 Å². The van der Waals surface area contributed by atoms with E-state index in [4.69, 9.17) is 31.0 Å². The summed E-state index contributed by atoms with van der Waals surface area (Å²) in [5.41, 5.74) is 3.28. The van der Waals surface area contributed by atoms with Gasteiger partial charge in [-0.25, -0.2) is 19.2 Å². The molecular weight excluding hydrogens is 547 g/mol. The summed E-state index contributed by atoms with van der Waals surface area (Å²) in [5, 5.41) is 9.89. The molecule has 0 bridgehead atoms. The van der Waals surface area contributed by atoms with Gasteiger partial charge in [-0.05, 0) is 75.7 Å². The van der Waals surface area contributed by atoms with Crippen LogP contribution in [0.4, 0.5) is 4.39 Å². The van der Waals surface area contributed by atoms with Gasteiger partial charge in [0.15, 0.2) is 0 Å². The number of rotatable bonds is 9. The summed E-state index contributed by atoms with van der Waals surface area (Å²) in [6.45, 7) is 5.41. The molecule has 2 atom stereocenters. The van der Waals surface area contributed by atoms with Gasteiger partial charge >= 0.3 is 5.97 Å². The fourth-order valence-electron chi connectivity index (χ4n) is 5.69. The van der Waals surface area contributed by atoms with Crippen molar-refractivity contribution in [3.8, 4) is 5.88 Å². The molecular formula is C31H32ClFN4O4. The summed E-state index contributed by atoms with van der Waals surface area (Å²) in [5.74, 6) is 0.344. The van der Waals surface area contributed by atoms with Crippen molar-refractivity contribution in [1.82, 2.24) is 19.4 Å². The Bertz CT molecular complexity index is 1570. The molecule has 4 aromatic rings. The van der Waals surface area contributed by atoms with Gasteiger partial charge in [0.2, 0.25) is 5.88 Å². The maximum absolute atomic E-state index is 14.1. The van der Waals surface area contributed by atoms with E-state index < -0.39 is 11.8 Å². The van der Waals surface area contributed by atoms with Crippen molar-refractivity contribution in [2.75, 3.05) is 19.7 Å². The minimum atomic E-state index is -0.948. The molecule has 0 aliphatic carbocycles. The molecule has 10 heteroatoms. The number of hydrogen-bond donors (Lipinski definition) is 1. The maximum atomic E-state index is 14.1.